The van der Waals surface area contributed by atoms with E-state index < -0.39 is 26.7 Å². The first-order valence-corrected chi connectivity index (χ1v) is 8.03. The molecule has 0 aromatic heterocycles. The first kappa shape index (κ1) is 17.4. The van der Waals surface area contributed by atoms with Crippen LogP contribution in [-0.4, -0.2) is 15.5 Å². The van der Waals surface area contributed by atoms with Gasteiger partial charge >= 0.3 is 6.18 Å². The number of hydrogen-bond donors (Lipinski definition) is 1. The van der Waals surface area contributed by atoms with Gasteiger partial charge in [0.25, 0.3) is 10.0 Å². The Hall–Kier alpha value is -1.93. The highest BCUT2D eigenvalue weighted by atomic mass is 35.5. The Kier molecular flexibility index (Phi) is 4.76. The van der Waals surface area contributed by atoms with E-state index in [0.29, 0.717) is 11.8 Å². The van der Waals surface area contributed by atoms with Crippen molar-refractivity contribution in [3.8, 4) is 5.75 Å². The molecular weight excluding hydrogens is 355 g/mol. The smallest absolute Gasteiger partial charge is 0.416 e. The van der Waals surface area contributed by atoms with Crippen molar-refractivity contribution >= 4 is 27.3 Å². The summed E-state index contributed by atoms with van der Waals surface area (Å²) in [7, 11) is -2.85. The lowest BCUT2D eigenvalue weighted by Gasteiger charge is -2.12. The summed E-state index contributed by atoms with van der Waals surface area (Å²) in [6, 6.07) is 7.67. The van der Waals surface area contributed by atoms with Gasteiger partial charge in [0.15, 0.2) is 0 Å². The molecule has 124 valence electrons. The van der Waals surface area contributed by atoms with E-state index in [9.17, 15) is 21.6 Å². The van der Waals surface area contributed by atoms with E-state index in [0.717, 1.165) is 18.2 Å². The molecule has 0 fully saturated rings. The van der Waals surface area contributed by atoms with E-state index in [-0.39, 0.29) is 10.7 Å². The molecule has 9 heteroatoms. The SMILES string of the molecule is COc1ccc(Cl)c(NS(=O)(=O)c2cccc(C(F)(F)F)c2)c1. The fourth-order valence-electron chi connectivity index (χ4n) is 1.75. The van der Waals surface area contributed by atoms with Crippen molar-refractivity contribution in [2.24, 2.45) is 0 Å². The number of ether oxygens (including phenoxy) is 1. The van der Waals surface area contributed by atoms with Crippen LogP contribution < -0.4 is 9.46 Å². The van der Waals surface area contributed by atoms with E-state index in [2.05, 4.69) is 4.72 Å². The number of alkyl halides is 3. The van der Waals surface area contributed by atoms with Crippen LogP contribution in [0, 0.1) is 0 Å². The fraction of sp³-hybridized carbons (Fsp3) is 0.143. The number of rotatable bonds is 4. The van der Waals surface area contributed by atoms with Crippen LogP contribution in [0.3, 0.4) is 0 Å². The van der Waals surface area contributed by atoms with Gasteiger partial charge in [0.1, 0.15) is 5.75 Å². The van der Waals surface area contributed by atoms with Crippen molar-refractivity contribution in [1.29, 1.82) is 0 Å². The molecule has 0 saturated heterocycles. The van der Waals surface area contributed by atoms with E-state index in [1.807, 2.05) is 0 Å². The van der Waals surface area contributed by atoms with Gasteiger partial charge in [-0.25, -0.2) is 8.42 Å². The average molecular weight is 366 g/mol. The monoisotopic (exact) mass is 365 g/mol. The van der Waals surface area contributed by atoms with Crippen LogP contribution in [-0.2, 0) is 16.2 Å². The van der Waals surface area contributed by atoms with Crippen LogP contribution >= 0.6 is 11.6 Å². The molecule has 0 spiro atoms. The van der Waals surface area contributed by atoms with Crippen LogP contribution in [0.1, 0.15) is 5.56 Å². The van der Waals surface area contributed by atoms with Gasteiger partial charge < -0.3 is 4.74 Å². The third-order valence-corrected chi connectivity index (χ3v) is 4.58. The molecule has 0 heterocycles. The van der Waals surface area contributed by atoms with Crippen molar-refractivity contribution in [2.75, 3.05) is 11.8 Å². The zero-order valence-electron chi connectivity index (χ0n) is 11.7. The molecule has 0 aliphatic carbocycles. The predicted octanol–water partition coefficient (Wildman–Crippen LogP) is 4.17. The van der Waals surface area contributed by atoms with E-state index in [4.69, 9.17) is 16.3 Å². The minimum absolute atomic E-state index is 0.00317. The summed E-state index contributed by atoms with van der Waals surface area (Å²) < 4.78 is 69.7. The average Bonchev–Trinajstić information content (AvgIpc) is 2.48. The van der Waals surface area contributed by atoms with E-state index in [1.165, 1.54) is 25.3 Å². The molecule has 2 rings (SSSR count). The van der Waals surface area contributed by atoms with Crippen molar-refractivity contribution in [2.45, 2.75) is 11.1 Å². The Morgan fingerprint density at radius 1 is 1.13 bits per heavy atom. The van der Waals surface area contributed by atoms with E-state index in [1.54, 1.807) is 0 Å². The standard InChI is InChI=1S/C14H11ClF3NO3S/c1-22-10-5-6-12(15)13(8-10)19-23(20,21)11-4-2-3-9(7-11)14(16,17)18/h2-8,19H,1H3. The summed E-state index contributed by atoms with van der Waals surface area (Å²) in [5.74, 6) is 0.344. The molecule has 0 aliphatic heterocycles. The molecule has 0 amide bonds. The van der Waals surface area contributed by atoms with Crippen molar-refractivity contribution < 1.29 is 26.3 Å². The van der Waals surface area contributed by atoms with Gasteiger partial charge in [-0.1, -0.05) is 17.7 Å². The molecule has 2 aromatic rings. The highest BCUT2D eigenvalue weighted by Gasteiger charge is 2.31. The van der Waals surface area contributed by atoms with Crippen molar-refractivity contribution in [3.05, 3.63) is 53.1 Å². The summed E-state index contributed by atoms with van der Waals surface area (Å²) in [4.78, 5) is -0.522. The molecule has 0 unspecified atom stereocenters. The Morgan fingerprint density at radius 3 is 2.43 bits per heavy atom. The van der Waals surface area contributed by atoms with Gasteiger partial charge in [-0.2, -0.15) is 13.2 Å². The maximum Gasteiger partial charge on any atom is 0.416 e. The van der Waals surface area contributed by atoms with Gasteiger partial charge in [0.05, 0.1) is 28.3 Å². The lowest BCUT2D eigenvalue weighted by Crippen LogP contribution is -2.15. The first-order chi connectivity index (χ1) is 10.6. The largest absolute Gasteiger partial charge is 0.497 e. The summed E-state index contributed by atoms with van der Waals surface area (Å²) in [5.41, 5.74) is -1.06. The third-order valence-electron chi connectivity index (χ3n) is 2.89. The Morgan fingerprint density at radius 2 is 1.83 bits per heavy atom. The predicted molar refractivity (Wildman–Crippen MR) is 80.3 cm³/mol. The molecule has 23 heavy (non-hydrogen) atoms. The van der Waals surface area contributed by atoms with Gasteiger partial charge in [-0.3, -0.25) is 4.72 Å². The molecular formula is C14H11ClF3NO3S. The first-order valence-electron chi connectivity index (χ1n) is 6.17. The van der Waals surface area contributed by atoms with Crippen LogP contribution in [0.2, 0.25) is 5.02 Å². The van der Waals surface area contributed by atoms with Gasteiger partial charge in [-0.05, 0) is 30.3 Å². The quantitative estimate of drug-likeness (QED) is 0.884. The van der Waals surface area contributed by atoms with Crippen LogP contribution in [0.5, 0.6) is 5.75 Å². The second-order valence-corrected chi connectivity index (χ2v) is 6.57. The lowest BCUT2D eigenvalue weighted by molar-refractivity contribution is -0.137. The molecule has 0 atom stereocenters. The van der Waals surface area contributed by atoms with Crippen LogP contribution in [0.4, 0.5) is 18.9 Å². The summed E-state index contributed by atoms with van der Waals surface area (Å²) >= 11 is 5.89. The maximum atomic E-state index is 12.7. The number of nitrogens with one attached hydrogen (secondary N) is 1. The maximum absolute atomic E-state index is 12.7. The highest BCUT2D eigenvalue weighted by Crippen LogP contribution is 2.32. The number of anilines is 1. The lowest BCUT2D eigenvalue weighted by atomic mass is 10.2. The summed E-state index contributed by atoms with van der Waals surface area (Å²) in [5, 5.41) is 0.0846. The fourth-order valence-corrected chi connectivity index (χ4v) is 3.09. The Bertz CT molecular complexity index is 822. The minimum atomic E-state index is -4.64. The Balaban J connectivity index is 2.40. The summed E-state index contributed by atoms with van der Waals surface area (Å²) in [6.45, 7) is 0. The minimum Gasteiger partial charge on any atom is -0.497 e. The van der Waals surface area contributed by atoms with Crippen LogP contribution in [0.15, 0.2) is 47.4 Å². The van der Waals surface area contributed by atoms with Gasteiger partial charge in [-0.15, -0.1) is 0 Å². The molecule has 0 radical (unpaired) electrons. The molecule has 4 nitrogen and oxygen atoms in total. The second-order valence-electron chi connectivity index (χ2n) is 4.48. The summed E-state index contributed by atoms with van der Waals surface area (Å²) in [6.07, 6.45) is -4.64. The van der Waals surface area contributed by atoms with Crippen LogP contribution in [0.25, 0.3) is 0 Å². The molecule has 0 bridgehead atoms. The van der Waals surface area contributed by atoms with E-state index >= 15 is 0 Å². The molecule has 0 saturated carbocycles. The Labute approximate surface area is 135 Å². The topological polar surface area (TPSA) is 55.4 Å². The number of methoxy groups -OCH3 is 1. The molecule has 1 N–H and O–H groups in total. The molecule has 2 aromatic carbocycles. The van der Waals surface area contributed by atoms with Gasteiger partial charge in [0.2, 0.25) is 0 Å². The number of hydrogen-bond acceptors (Lipinski definition) is 3. The van der Waals surface area contributed by atoms with Crippen molar-refractivity contribution in [1.82, 2.24) is 0 Å². The second kappa shape index (κ2) is 6.29. The third kappa shape index (κ3) is 4.08. The number of sulfonamides is 1. The number of benzene rings is 2. The zero-order valence-corrected chi connectivity index (χ0v) is 13.3. The van der Waals surface area contributed by atoms with Crippen molar-refractivity contribution in [3.63, 3.8) is 0 Å². The highest BCUT2D eigenvalue weighted by molar-refractivity contribution is 7.92. The number of halogens is 4. The van der Waals surface area contributed by atoms with Gasteiger partial charge in [0, 0.05) is 6.07 Å². The zero-order chi connectivity index (χ0) is 17.3. The normalized spacial score (nSPS) is 12.0. The molecule has 0 aliphatic rings.